The van der Waals surface area contributed by atoms with Crippen molar-refractivity contribution in [2.24, 2.45) is 28.7 Å². The Labute approximate surface area is 892 Å². The van der Waals surface area contributed by atoms with E-state index in [1.807, 2.05) is 116 Å². The summed E-state index contributed by atoms with van der Waals surface area (Å²) in [4.78, 5) is 151. The first kappa shape index (κ1) is 117. The van der Waals surface area contributed by atoms with Gasteiger partial charge < -0.3 is 52.4 Å². The molecule has 798 valence electrons. The van der Waals surface area contributed by atoms with Crippen LogP contribution in [0, 0.1) is 34.6 Å². The molecule has 0 spiro atoms. The number of nitrogens with zero attached hydrogens (tertiary/aromatic N) is 20. The van der Waals surface area contributed by atoms with Crippen molar-refractivity contribution in [2.75, 3.05) is 59.6 Å². The van der Waals surface area contributed by atoms with Gasteiger partial charge in [0.2, 0.25) is 59.3 Å². The second-order valence-electron chi connectivity index (χ2n) is 34.5. The molecule has 10 aromatic heterocycles. The Hall–Kier alpha value is -16.2. The topological polar surface area (TPSA) is 585 Å². The number of ether oxygens (including phenoxy) is 5. The molecule has 0 radical (unpaired) electrons. The molecule has 15 heterocycles. The maximum Gasteiger partial charge on any atom is 0.276 e. The van der Waals surface area contributed by atoms with Crippen molar-refractivity contribution in [1.29, 1.82) is 0 Å². The fourth-order valence-corrected chi connectivity index (χ4v) is 18.5. The van der Waals surface area contributed by atoms with Crippen LogP contribution in [-0.4, -0.2) is 189 Å². The number of hydrogen-bond acceptors (Lipinski definition) is 25. The molecule has 0 saturated carbocycles. The number of benzene rings is 5. The van der Waals surface area contributed by atoms with Crippen LogP contribution < -0.4 is 78.9 Å². The lowest BCUT2D eigenvalue weighted by Gasteiger charge is -2.27. The van der Waals surface area contributed by atoms with Crippen LogP contribution >= 0.6 is 54.0 Å². The molecule has 10 amide bonds. The largest absolute Gasteiger partial charge is 0.489 e. The van der Waals surface area contributed by atoms with E-state index in [1.54, 1.807) is 120 Å². The minimum atomic E-state index is -0.623. The van der Waals surface area contributed by atoms with Gasteiger partial charge in [0, 0.05) is 60.5 Å². The highest BCUT2D eigenvalue weighted by Crippen LogP contribution is 2.46. The molecule has 49 heteroatoms. The van der Waals surface area contributed by atoms with E-state index >= 15 is 0 Å². The Balaban J connectivity index is 0.000000254. The van der Waals surface area contributed by atoms with Crippen molar-refractivity contribution in [2.45, 2.75) is 201 Å². The number of anilines is 5. The zero-order valence-electron chi connectivity index (χ0n) is 80.7. The molecule has 15 aromatic rings. The monoisotopic (exact) mass is 2130 g/mol. The van der Waals surface area contributed by atoms with Crippen LogP contribution in [-0.2, 0) is 32.7 Å². The lowest BCUT2D eigenvalue weighted by Crippen LogP contribution is -2.26. The van der Waals surface area contributed by atoms with E-state index in [9.17, 15) is 47.9 Å². The Kier molecular flexibility index (Phi) is 37.7. The summed E-state index contributed by atoms with van der Waals surface area (Å²) in [6, 6.07) is 23.3. The van der Waals surface area contributed by atoms with Crippen molar-refractivity contribution in [3.05, 3.63) is 213 Å². The number of aryl methyl sites for hydroxylation is 10. The Morgan fingerprint density at radius 3 is 0.613 bits per heavy atom. The number of hydrogen-bond donors (Lipinski definition) is 10. The molecule has 20 rings (SSSR count). The second-order valence-corrected chi connectivity index (χ2v) is 34.5. The standard InChI is InChI=1S/2C38H40N12O6.C20H22N6O3.5CH4.4H2S/c2*1-5-47-27(11-19(3)45-47)35(53)43-37-41-25-13-21(33(39)51)15-29-31(25)49(37)23(17-55-29)9-7-8-10-24-18-56-30-16-22(34(40)52)14-26-32(30)50(24)38(42-26)44-36(54)28-12-20(4)46-48(28)6-2;1-4-6-13-10-29-16-9-12(18(21)27)8-14-17(16)26(13)20(22-14)23-19(28)15-7-11(3)24-25(15)5-2;;;;;;;;;/h2*7-8,11-16,23-24H,5-6,9-10,17-18H2,1-4H3,(H2,39,51)(H2,40,52)(H,41,43,53)(H,42,44,54);4,7-9,13H,1,5-6,10H2,2-3H3,(H2,21,27)(H,22,23,28);5*1H4;4*1H2/b8-7+;8-7-;;;;;;;;;;/t2*23-,24-;13-;;;;;;;;;/m000........./s1. The van der Waals surface area contributed by atoms with Crippen LogP contribution in [0.15, 0.2) is 128 Å². The predicted molar refractivity (Wildman–Crippen MR) is 594 cm³/mol. The first-order chi connectivity index (χ1) is 67.8. The molecule has 0 fully saturated rings. The van der Waals surface area contributed by atoms with Crippen LogP contribution in [0.5, 0.6) is 28.7 Å². The lowest BCUT2D eigenvalue weighted by molar-refractivity contribution is 0.0991. The molecule has 150 heavy (non-hydrogen) atoms. The summed E-state index contributed by atoms with van der Waals surface area (Å²) in [5, 5.41) is 36.7. The van der Waals surface area contributed by atoms with E-state index in [0.29, 0.717) is 242 Å². The van der Waals surface area contributed by atoms with Gasteiger partial charge in [-0.3, -0.25) is 121 Å². The van der Waals surface area contributed by atoms with E-state index in [2.05, 4.69) is 63.6 Å². The van der Waals surface area contributed by atoms with Gasteiger partial charge in [-0.2, -0.15) is 79.5 Å². The van der Waals surface area contributed by atoms with Crippen molar-refractivity contribution in [3.63, 3.8) is 0 Å². The summed E-state index contributed by atoms with van der Waals surface area (Å²) in [6.07, 6.45) is 12.5. The highest BCUT2D eigenvalue weighted by molar-refractivity contribution is 7.59. The highest BCUT2D eigenvalue weighted by atomic mass is 32.1. The van der Waals surface area contributed by atoms with Gasteiger partial charge in [0.15, 0.2) is 0 Å². The number of carbonyl (C=O) groups excluding carboxylic acids is 10. The maximum atomic E-state index is 13.6. The van der Waals surface area contributed by atoms with Crippen molar-refractivity contribution in [3.8, 4) is 28.7 Å². The number of aromatic nitrogens is 20. The molecule has 45 nitrogen and oxygen atoms in total. The summed E-state index contributed by atoms with van der Waals surface area (Å²) in [6.45, 7) is 26.4. The van der Waals surface area contributed by atoms with E-state index in [4.69, 9.17) is 72.3 Å². The van der Waals surface area contributed by atoms with Gasteiger partial charge in [-0.25, -0.2) is 24.9 Å². The minimum absolute atomic E-state index is 0. The average Bonchev–Trinajstić information content (AvgIpc) is 1.61. The third-order valence-electron chi connectivity index (χ3n) is 24.9. The average molecular weight is 2130 g/mol. The molecule has 0 saturated heterocycles. The first-order valence-corrected chi connectivity index (χ1v) is 45.9. The Bertz CT molecular complexity index is 7080. The number of imidazole rings is 5. The SMILES string of the molecule is C.C.C.C.C.C=CC[C@H]1COc2cc(C(N)=O)cc3nc(NC(=O)c4cc(C)nn4CC)n1c23.CCn1nc(C)cc1C(=O)Nc1nc2cc(C(N)=O)cc3c2n1[C@@H](C/C=C/C[C@H]1COc2cc(C(N)=O)cc4nc(NC(=O)c5cc(C)nn5CC)n1c24)CO3.CCn1nc(C)cc1C(=O)Nc1nc2cc(C(N)=O)cc3c2n1[C@@H](C/C=C\C[C@H]1COc2cc(C(N)=O)cc4nc(NC(=O)c5cc(C)nn5CC)n1c24)CO3.S.S.S.S. The number of primary amides is 5. The molecule has 0 bridgehead atoms. The molecule has 0 aliphatic carbocycles. The van der Waals surface area contributed by atoms with Gasteiger partial charge in [0.25, 0.3) is 29.5 Å². The second kappa shape index (κ2) is 48.2. The molecule has 0 unspecified atom stereocenters. The van der Waals surface area contributed by atoms with E-state index in [0.717, 1.165) is 5.69 Å². The molecular formula is C101H130N30O15S4. The smallest absolute Gasteiger partial charge is 0.276 e. The summed E-state index contributed by atoms with van der Waals surface area (Å²) < 4.78 is 48.2. The third-order valence-corrected chi connectivity index (χ3v) is 24.9. The van der Waals surface area contributed by atoms with Crippen LogP contribution in [0.25, 0.3) is 55.2 Å². The maximum absolute atomic E-state index is 13.6. The van der Waals surface area contributed by atoms with Gasteiger partial charge in [-0.1, -0.05) is 67.5 Å². The van der Waals surface area contributed by atoms with Crippen LogP contribution in [0.4, 0.5) is 29.7 Å². The molecule has 5 atom stereocenters. The van der Waals surface area contributed by atoms with Crippen molar-refractivity contribution in [1.82, 2.24) is 96.7 Å². The van der Waals surface area contributed by atoms with Gasteiger partial charge in [-0.15, -0.1) is 6.58 Å². The van der Waals surface area contributed by atoms with E-state index in [1.165, 1.54) is 0 Å². The van der Waals surface area contributed by atoms with E-state index in [-0.39, 0.29) is 200 Å². The molecule has 15 N–H and O–H groups in total. The van der Waals surface area contributed by atoms with Crippen LogP contribution in [0.2, 0.25) is 0 Å². The quantitative estimate of drug-likeness (QED) is 0.0187. The fraction of sp³-hybridized carbons (Fsp3) is 0.347. The summed E-state index contributed by atoms with van der Waals surface area (Å²) in [5.41, 5.74) is 40.3. The lowest BCUT2D eigenvalue weighted by atomic mass is 10.1. The highest BCUT2D eigenvalue weighted by Gasteiger charge is 2.38. The summed E-state index contributed by atoms with van der Waals surface area (Å²) in [5.74, 6) is -1.04. The van der Waals surface area contributed by atoms with Gasteiger partial charge in [0.05, 0.1) is 86.3 Å². The number of allylic oxidation sites excluding steroid dienone is 5. The zero-order valence-corrected chi connectivity index (χ0v) is 84.7. The molecule has 5 aliphatic rings. The Morgan fingerprint density at radius 1 is 0.293 bits per heavy atom. The third kappa shape index (κ3) is 22.6. The summed E-state index contributed by atoms with van der Waals surface area (Å²) in [7, 11) is 0. The van der Waals surface area contributed by atoms with Gasteiger partial charge in [-0.05, 0) is 192 Å². The van der Waals surface area contributed by atoms with E-state index < -0.39 is 29.5 Å². The Morgan fingerprint density at radius 2 is 0.460 bits per heavy atom. The molecule has 5 aliphatic heterocycles. The molecular weight excluding hydrogens is 2000 g/mol. The minimum Gasteiger partial charge on any atom is -0.489 e. The predicted octanol–water partition coefficient (Wildman–Crippen LogP) is 14.1. The number of rotatable bonds is 30. The van der Waals surface area contributed by atoms with Crippen LogP contribution in [0.3, 0.4) is 0 Å². The number of carbonyl (C=O) groups is 10. The van der Waals surface area contributed by atoms with Gasteiger partial charge >= 0.3 is 0 Å². The molecule has 5 aromatic carbocycles. The van der Waals surface area contributed by atoms with Crippen molar-refractivity contribution < 1.29 is 71.6 Å². The van der Waals surface area contributed by atoms with Gasteiger partial charge in [0.1, 0.15) is 118 Å². The fourth-order valence-electron chi connectivity index (χ4n) is 18.5. The zero-order chi connectivity index (χ0) is 99.5. The number of amides is 10. The summed E-state index contributed by atoms with van der Waals surface area (Å²) >= 11 is 0. The number of nitrogens with one attached hydrogen (secondary N) is 5. The van der Waals surface area contributed by atoms with Crippen LogP contribution in [0.1, 0.15) is 267 Å². The number of nitrogens with two attached hydrogens (primary N) is 5. The van der Waals surface area contributed by atoms with Crippen molar-refractivity contribution >= 4 is 198 Å². The first-order valence-electron chi connectivity index (χ1n) is 45.9. The normalized spacial score (nSPS) is 14.8.